The lowest BCUT2D eigenvalue weighted by Gasteiger charge is -2.28. The molecule has 2 unspecified atom stereocenters. The van der Waals surface area contributed by atoms with Crippen molar-refractivity contribution >= 4 is 23.7 Å². The maximum absolute atomic E-state index is 13.1. The van der Waals surface area contributed by atoms with Crippen molar-refractivity contribution < 1.29 is 29.0 Å². The topological polar surface area (TPSA) is 125 Å². The number of carbonyl (C=O) groups is 4. The maximum atomic E-state index is 13.1. The normalized spacial score (nSPS) is 16.2. The number of ether oxygens (including phenoxy) is 1. The number of hydrogen-bond acceptors (Lipinski definition) is 6. The molecule has 36 heavy (non-hydrogen) atoms. The summed E-state index contributed by atoms with van der Waals surface area (Å²) in [6.07, 6.45) is 0.780. The minimum atomic E-state index is -0.869. The van der Waals surface area contributed by atoms with Crippen LogP contribution in [0.15, 0.2) is 54.6 Å². The number of nitrogens with one attached hydrogen (secondary N) is 2. The summed E-state index contributed by atoms with van der Waals surface area (Å²) in [6, 6.07) is 13.4. The lowest BCUT2D eigenvalue weighted by Crippen LogP contribution is -2.51. The summed E-state index contributed by atoms with van der Waals surface area (Å²) in [4.78, 5) is 52.5. The van der Waals surface area contributed by atoms with Crippen molar-refractivity contribution in [1.82, 2.24) is 15.5 Å². The quantitative estimate of drug-likeness (QED) is 0.484. The highest BCUT2D eigenvalue weighted by molar-refractivity contribution is 6.02. The van der Waals surface area contributed by atoms with Gasteiger partial charge in [-0.1, -0.05) is 42.5 Å². The zero-order valence-corrected chi connectivity index (χ0v) is 20.8. The Bertz CT molecular complexity index is 1080. The molecule has 1 aliphatic rings. The van der Waals surface area contributed by atoms with Gasteiger partial charge < -0.3 is 20.5 Å². The van der Waals surface area contributed by atoms with E-state index in [0.717, 1.165) is 5.56 Å². The van der Waals surface area contributed by atoms with Crippen LogP contribution in [-0.2, 0) is 20.7 Å². The molecule has 2 aromatic rings. The molecule has 1 saturated heterocycles. The van der Waals surface area contributed by atoms with E-state index in [1.165, 1.54) is 17.0 Å². The molecule has 2 atom stereocenters. The fraction of sp³-hybridized carbons (Fsp3) is 0.407. The summed E-state index contributed by atoms with van der Waals surface area (Å²) in [5, 5.41) is 14.8. The molecule has 3 amide bonds. The minimum Gasteiger partial charge on any atom is -0.508 e. The molecule has 2 aromatic carbocycles. The molecule has 1 aliphatic heterocycles. The predicted molar refractivity (Wildman–Crippen MR) is 133 cm³/mol. The number of rotatable bonds is 8. The first-order valence-corrected chi connectivity index (χ1v) is 12.0. The fourth-order valence-electron chi connectivity index (χ4n) is 3.99. The summed E-state index contributed by atoms with van der Waals surface area (Å²) in [5.41, 5.74) is 0.521. The number of phenols is 1. The van der Waals surface area contributed by atoms with Crippen LogP contribution in [0.2, 0.25) is 0 Å². The Hall–Kier alpha value is -3.88. The van der Waals surface area contributed by atoms with Crippen LogP contribution >= 0.6 is 0 Å². The van der Waals surface area contributed by atoms with E-state index in [0.29, 0.717) is 24.9 Å². The molecule has 0 saturated carbocycles. The summed E-state index contributed by atoms with van der Waals surface area (Å²) in [5.74, 6) is -1.14. The number of likely N-dealkylation sites (tertiary alicyclic amines) is 1. The van der Waals surface area contributed by atoms with Crippen molar-refractivity contribution in [3.63, 3.8) is 0 Å². The van der Waals surface area contributed by atoms with Crippen LogP contribution < -0.4 is 10.6 Å². The molecular formula is C27H33N3O6. The van der Waals surface area contributed by atoms with E-state index in [-0.39, 0.29) is 24.5 Å². The second-order valence-electron chi connectivity index (χ2n) is 9.77. The smallest absolute Gasteiger partial charge is 0.410 e. The van der Waals surface area contributed by atoms with Crippen molar-refractivity contribution in [1.29, 1.82) is 0 Å². The van der Waals surface area contributed by atoms with Crippen molar-refractivity contribution in [2.24, 2.45) is 0 Å². The molecule has 3 rings (SSSR count). The number of Topliss-reactive ketones (excluding diaryl/α,β-unsaturated/α-hetero) is 1. The molecule has 0 radical (unpaired) electrons. The first-order valence-electron chi connectivity index (χ1n) is 12.0. The van der Waals surface area contributed by atoms with E-state index in [1.807, 2.05) is 0 Å². The molecule has 0 aliphatic carbocycles. The summed E-state index contributed by atoms with van der Waals surface area (Å²) >= 11 is 0. The molecule has 3 N–H and O–H groups in total. The van der Waals surface area contributed by atoms with E-state index in [9.17, 15) is 24.3 Å². The third-order valence-corrected chi connectivity index (χ3v) is 5.69. The molecular weight excluding hydrogens is 462 g/mol. The van der Waals surface area contributed by atoms with Gasteiger partial charge in [0, 0.05) is 18.5 Å². The fourth-order valence-corrected chi connectivity index (χ4v) is 3.99. The van der Waals surface area contributed by atoms with Crippen LogP contribution in [0.4, 0.5) is 4.79 Å². The first-order chi connectivity index (χ1) is 17.0. The zero-order valence-electron chi connectivity index (χ0n) is 20.8. The minimum absolute atomic E-state index is 0.101. The van der Waals surface area contributed by atoms with Crippen molar-refractivity contribution in [3.05, 3.63) is 65.7 Å². The van der Waals surface area contributed by atoms with Crippen molar-refractivity contribution in [2.45, 2.75) is 57.7 Å². The Morgan fingerprint density at radius 1 is 1.06 bits per heavy atom. The van der Waals surface area contributed by atoms with Gasteiger partial charge in [-0.05, 0) is 51.3 Å². The Morgan fingerprint density at radius 2 is 1.72 bits per heavy atom. The molecule has 0 spiro atoms. The summed E-state index contributed by atoms with van der Waals surface area (Å²) in [7, 11) is 0. The summed E-state index contributed by atoms with van der Waals surface area (Å²) < 4.78 is 5.39. The number of phenolic OH excluding ortho intramolecular Hbond substituents is 1. The van der Waals surface area contributed by atoms with Gasteiger partial charge in [0.2, 0.25) is 11.8 Å². The molecule has 1 fully saturated rings. The van der Waals surface area contributed by atoms with E-state index >= 15 is 0 Å². The van der Waals surface area contributed by atoms with E-state index in [4.69, 9.17) is 4.74 Å². The van der Waals surface area contributed by atoms with E-state index in [2.05, 4.69) is 10.6 Å². The van der Waals surface area contributed by atoms with Crippen LogP contribution in [0.25, 0.3) is 0 Å². The Morgan fingerprint density at radius 3 is 2.36 bits per heavy atom. The SMILES string of the molecule is CC(C)(C)OC(=O)N1CCCC1C(=O)NCC(=O)NC(Cc1ccc(O)cc1)C(=O)c1ccccc1. The number of benzene rings is 2. The van der Waals surface area contributed by atoms with Crippen LogP contribution in [-0.4, -0.2) is 64.5 Å². The predicted octanol–water partition coefficient (Wildman–Crippen LogP) is 2.82. The monoisotopic (exact) mass is 495 g/mol. The van der Waals surface area contributed by atoms with Gasteiger partial charge in [0.05, 0.1) is 12.6 Å². The van der Waals surface area contributed by atoms with Crippen LogP contribution in [0.5, 0.6) is 5.75 Å². The maximum Gasteiger partial charge on any atom is 0.410 e. The van der Waals surface area contributed by atoms with Gasteiger partial charge in [-0.3, -0.25) is 19.3 Å². The zero-order chi connectivity index (χ0) is 26.3. The number of carbonyl (C=O) groups excluding carboxylic acids is 4. The van der Waals surface area contributed by atoms with Gasteiger partial charge in [-0.15, -0.1) is 0 Å². The van der Waals surface area contributed by atoms with Gasteiger partial charge in [0.25, 0.3) is 0 Å². The molecule has 9 heteroatoms. The third kappa shape index (κ3) is 7.56. The Balaban J connectivity index is 1.62. The Labute approximate surface area is 210 Å². The second-order valence-corrected chi connectivity index (χ2v) is 9.77. The van der Waals surface area contributed by atoms with E-state index < -0.39 is 35.6 Å². The molecule has 9 nitrogen and oxygen atoms in total. The first kappa shape index (κ1) is 26.7. The number of nitrogens with zero attached hydrogens (tertiary/aromatic N) is 1. The lowest BCUT2D eigenvalue weighted by molar-refractivity contribution is -0.129. The molecule has 0 bridgehead atoms. The van der Waals surface area contributed by atoms with Gasteiger partial charge in [-0.2, -0.15) is 0 Å². The van der Waals surface area contributed by atoms with Crippen molar-refractivity contribution in [2.75, 3.05) is 13.1 Å². The van der Waals surface area contributed by atoms with Gasteiger partial charge >= 0.3 is 6.09 Å². The number of ketones is 1. The largest absolute Gasteiger partial charge is 0.508 e. The molecule has 1 heterocycles. The third-order valence-electron chi connectivity index (χ3n) is 5.69. The van der Waals surface area contributed by atoms with Gasteiger partial charge in [0.15, 0.2) is 5.78 Å². The van der Waals surface area contributed by atoms with Crippen LogP contribution in [0.3, 0.4) is 0 Å². The van der Waals surface area contributed by atoms with Crippen LogP contribution in [0.1, 0.15) is 49.5 Å². The highest BCUT2D eigenvalue weighted by Gasteiger charge is 2.36. The average molecular weight is 496 g/mol. The lowest BCUT2D eigenvalue weighted by atomic mass is 9.97. The van der Waals surface area contributed by atoms with Gasteiger partial charge in [0.1, 0.15) is 17.4 Å². The number of hydrogen-bond donors (Lipinski definition) is 3. The second kappa shape index (κ2) is 11.7. The highest BCUT2D eigenvalue weighted by atomic mass is 16.6. The molecule has 192 valence electrons. The highest BCUT2D eigenvalue weighted by Crippen LogP contribution is 2.21. The standard InChI is InChI=1S/C27H33N3O6/c1-27(2,3)36-26(35)30-15-7-10-22(30)25(34)28-17-23(32)29-21(16-18-11-13-20(31)14-12-18)24(33)19-8-5-4-6-9-19/h4-6,8-9,11-14,21-22,31H,7,10,15-17H2,1-3H3,(H,28,34)(H,29,32). The van der Waals surface area contributed by atoms with Crippen molar-refractivity contribution in [3.8, 4) is 5.75 Å². The van der Waals surface area contributed by atoms with Gasteiger partial charge in [-0.25, -0.2) is 4.79 Å². The summed E-state index contributed by atoms with van der Waals surface area (Å²) in [6.45, 7) is 5.33. The number of amides is 3. The van der Waals surface area contributed by atoms with Crippen LogP contribution in [0, 0.1) is 0 Å². The molecule has 0 aromatic heterocycles. The van der Waals surface area contributed by atoms with E-state index in [1.54, 1.807) is 63.2 Å². The number of aromatic hydroxyl groups is 1. The Kier molecular flexibility index (Phi) is 8.68. The average Bonchev–Trinajstić information content (AvgIpc) is 3.33.